The normalized spacial score (nSPS) is 26.5. The largest absolute Gasteiger partial charge is 0.460 e. The van der Waals surface area contributed by atoms with Gasteiger partial charge in [-0.2, -0.15) is 0 Å². The number of hydrogen-bond donors (Lipinski definition) is 1. The zero-order chi connectivity index (χ0) is 15.7. The van der Waals surface area contributed by atoms with Crippen molar-refractivity contribution in [1.29, 1.82) is 0 Å². The van der Waals surface area contributed by atoms with Crippen molar-refractivity contribution in [2.75, 3.05) is 32.7 Å². The molecule has 1 atom stereocenters. The summed E-state index contributed by atoms with van der Waals surface area (Å²) < 4.78 is 5.65. The number of ether oxygens (including phenoxy) is 1. The van der Waals surface area contributed by atoms with E-state index in [1.807, 2.05) is 20.8 Å². The molecular weight excluding hydrogens is 264 g/mol. The highest BCUT2D eigenvalue weighted by molar-refractivity contribution is 5.74. The Morgan fingerprint density at radius 3 is 2.48 bits per heavy atom. The molecule has 2 heterocycles. The molecule has 122 valence electrons. The number of carbonyl (C=O) groups excluding carboxylic acids is 1. The predicted molar refractivity (Wildman–Crippen MR) is 85.1 cm³/mol. The second-order valence-electron chi connectivity index (χ2n) is 8.27. The zero-order valence-electron chi connectivity index (χ0n) is 14.4. The number of likely N-dealkylation sites (tertiary alicyclic amines) is 1. The summed E-state index contributed by atoms with van der Waals surface area (Å²) in [4.78, 5) is 15.1. The predicted octanol–water partition coefficient (Wildman–Crippen LogP) is 2.29. The number of nitrogens with one attached hydrogen (secondary N) is 1. The van der Waals surface area contributed by atoms with Crippen LogP contribution in [0.1, 0.15) is 47.5 Å². The molecule has 1 unspecified atom stereocenters. The van der Waals surface area contributed by atoms with E-state index >= 15 is 0 Å². The highest BCUT2D eigenvalue weighted by Crippen LogP contribution is 2.42. The van der Waals surface area contributed by atoms with E-state index in [1.165, 1.54) is 6.54 Å². The van der Waals surface area contributed by atoms with Gasteiger partial charge in [-0.1, -0.05) is 13.8 Å². The van der Waals surface area contributed by atoms with Crippen LogP contribution in [-0.4, -0.2) is 49.2 Å². The first-order valence-corrected chi connectivity index (χ1v) is 8.38. The van der Waals surface area contributed by atoms with Gasteiger partial charge in [0.15, 0.2) is 0 Å². The Morgan fingerprint density at radius 1 is 1.33 bits per heavy atom. The SMILES string of the molecule is CC(C)CN1CCC2(CC1)CNCC2C(=O)OC(C)(C)C. The van der Waals surface area contributed by atoms with E-state index in [9.17, 15) is 4.79 Å². The highest BCUT2D eigenvalue weighted by atomic mass is 16.6. The maximum atomic E-state index is 12.5. The summed E-state index contributed by atoms with van der Waals surface area (Å²) in [5.41, 5.74) is -0.269. The Labute approximate surface area is 129 Å². The van der Waals surface area contributed by atoms with Crippen LogP contribution in [0.15, 0.2) is 0 Å². The summed E-state index contributed by atoms with van der Waals surface area (Å²) in [6.45, 7) is 15.5. The number of carbonyl (C=O) groups is 1. The molecular formula is C17H32N2O2. The van der Waals surface area contributed by atoms with Crippen molar-refractivity contribution in [2.45, 2.75) is 53.1 Å². The summed E-state index contributed by atoms with van der Waals surface area (Å²) in [5.74, 6) is 0.727. The maximum absolute atomic E-state index is 12.5. The second-order valence-corrected chi connectivity index (χ2v) is 8.27. The minimum absolute atomic E-state index is 0.00944. The first-order chi connectivity index (χ1) is 9.72. The van der Waals surface area contributed by atoms with Gasteiger partial charge in [-0.25, -0.2) is 0 Å². The number of hydrogen-bond acceptors (Lipinski definition) is 4. The van der Waals surface area contributed by atoms with E-state index in [0.717, 1.165) is 39.0 Å². The van der Waals surface area contributed by atoms with Crippen molar-refractivity contribution in [3.05, 3.63) is 0 Å². The fraction of sp³-hybridized carbons (Fsp3) is 0.941. The van der Waals surface area contributed by atoms with Crippen LogP contribution >= 0.6 is 0 Å². The molecule has 0 bridgehead atoms. The second kappa shape index (κ2) is 6.25. The third-order valence-corrected chi connectivity index (χ3v) is 4.73. The monoisotopic (exact) mass is 296 g/mol. The zero-order valence-corrected chi connectivity index (χ0v) is 14.4. The molecule has 0 radical (unpaired) electrons. The van der Waals surface area contributed by atoms with Crippen molar-refractivity contribution in [3.63, 3.8) is 0 Å². The summed E-state index contributed by atoms with van der Waals surface area (Å²) in [7, 11) is 0. The summed E-state index contributed by atoms with van der Waals surface area (Å²) >= 11 is 0. The van der Waals surface area contributed by atoms with E-state index < -0.39 is 0 Å². The van der Waals surface area contributed by atoms with Crippen LogP contribution in [0.5, 0.6) is 0 Å². The van der Waals surface area contributed by atoms with Crippen LogP contribution in [0.4, 0.5) is 0 Å². The molecule has 21 heavy (non-hydrogen) atoms. The number of piperidine rings is 1. The molecule has 1 N–H and O–H groups in total. The number of nitrogens with zero attached hydrogens (tertiary/aromatic N) is 1. The quantitative estimate of drug-likeness (QED) is 0.811. The third-order valence-electron chi connectivity index (χ3n) is 4.73. The molecule has 2 fully saturated rings. The summed E-state index contributed by atoms with van der Waals surface area (Å²) in [6, 6.07) is 0. The standard InChI is InChI=1S/C17H32N2O2/c1-13(2)11-19-8-6-17(7-9-19)12-18-10-14(17)15(20)21-16(3,4)5/h13-14,18H,6-12H2,1-5H3. The van der Waals surface area contributed by atoms with Crippen LogP contribution < -0.4 is 5.32 Å². The molecule has 0 aromatic carbocycles. The fourth-order valence-corrected chi connectivity index (χ4v) is 3.73. The van der Waals surface area contributed by atoms with E-state index in [2.05, 4.69) is 24.1 Å². The van der Waals surface area contributed by atoms with Gasteiger partial charge in [0.05, 0.1) is 5.92 Å². The number of esters is 1. The molecule has 2 saturated heterocycles. The molecule has 0 amide bonds. The first kappa shape index (κ1) is 16.8. The average molecular weight is 296 g/mol. The molecule has 0 aromatic heterocycles. The van der Waals surface area contributed by atoms with E-state index in [1.54, 1.807) is 0 Å². The fourth-order valence-electron chi connectivity index (χ4n) is 3.73. The van der Waals surface area contributed by atoms with Crippen molar-refractivity contribution in [1.82, 2.24) is 10.2 Å². The molecule has 2 rings (SSSR count). The van der Waals surface area contributed by atoms with Gasteiger partial charge in [0.1, 0.15) is 5.60 Å². The summed E-state index contributed by atoms with van der Waals surface area (Å²) in [5, 5.41) is 3.44. The third kappa shape index (κ3) is 4.19. The lowest BCUT2D eigenvalue weighted by atomic mass is 9.70. The lowest BCUT2D eigenvalue weighted by Gasteiger charge is -2.42. The van der Waals surface area contributed by atoms with Gasteiger partial charge in [-0.05, 0) is 58.0 Å². The van der Waals surface area contributed by atoms with Gasteiger partial charge in [-0.15, -0.1) is 0 Å². The van der Waals surface area contributed by atoms with Crippen LogP contribution in [0.2, 0.25) is 0 Å². The molecule has 2 aliphatic heterocycles. The minimum atomic E-state index is -0.390. The van der Waals surface area contributed by atoms with E-state index in [-0.39, 0.29) is 22.9 Å². The van der Waals surface area contributed by atoms with Gasteiger partial charge >= 0.3 is 5.97 Å². The van der Waals surface area contributed by atoms with Gasteiger partial charge < -0.3 is 15.0 Å². The molecule has 0 saturated carbocycles. The Balaban J connectivity index is 1.97. The topological polar surface area (TPSA) is 41.6 Å². The van der Waals surface area contributed by atoms with Gasteiger partial charge in [0.2, 0.25) is 0 Å². The molecule has 2 aliphatic rings. The van der Waals surface area contributed by atoms with Crippen LogP contribution in [0.3, 0.4) is 0 Å². The van der Waals surface area contributed by atoms with Crippen molar-refractivity contribution in [3.8, 4) is 0 Å². The Kier molecular flexibility index (Phi) is 4.99. The Morgan fingerprint density at radius 2 is 1.95 bits per heavy atom. The Bertz CT molecular complexity index is 365. The van der Waals surface area contributed by atoms with Gasteiger partial charge in [0.25, 0.3) is 0 Å². The summed E-state index contributed by atoms with van der Waals surface area (Å²) in [6.07, 6.45) is 2.22. The van der Waals surface area contributed by atoms with E-state index in [4.69, 9.17) is 4.74 Å². The number of rotatable bonds is 3. The smallest absolute Gasteiger partial charge is 0.311 e. The molecule has 4 nitrogen and oxygen atoms in total. The molecule has 1 spiro atoms. The Hall–Kier alpha value is -0.610. The average Bonchev–Trinajstić information content (AvgIpc) is 2.73. The lowest BCUT2D eigenvalue weighted by molar-refractivity contribution is -0.164. The highest BCUT2D eigenvalue weighted by Gasteiger charge is 2.49. The van der Waals surface area contributed by atoms with E-state index in [0.29, 0.717) is 5.92 Å². The van der Waals surface area contributed by atoms with Crippen LogP contribution in [-0.2, 0) is 9.53 Å². The molecule has 0 aliphatic carbocycles. The maximum Gasteiger partial charge on any atom is 0.311 e. The van der Waals surface area contributed by atoms with Crippen molar-refractivity contribution in [2.24, 2.45) is 17.3 Å². The molecule has 0 aromatic rings. The van der Waals surface area contributed by atoms with Gasteiger partial charge in [0, 0.05) is 19.6 Å². The van der Waals surface area contributed by atoms with Crippen LogP contribution in [0.25, 0.3) is 0 Å². The van der Waals surface area contributed by atoms with Crippen LogP contribution in [0, 0.1) is 17.3 Å². The molecule has 4 heteroatoms. The minimum Gasteiger partial charge on any atom is -0.460 e. The van der Waals surface area contributed by atoms with Crippen molar-refractivity contribution >= 4 is 5.97 Å². The lowest BCUT2D eigenvalue weighted by Crippen LogP contribution is -2.47. The van der Waals surface area contributed by atoms with Gasteiger partial charge in [-0.3, -0.25) is 4.79 Å². The first-order valence-electron chi connectivity index (χ1n) is 8.38. The van der Waals surface area contributed by atoms with Crippen molar-refractivity contribution < 1.29 is 9.53 Å².